The number of hydrogen-bond acceptors (Lipinski definition) is 5. The van der Waals surface area contributed by atoms with Crippen molar-refractivity contribution in [1.29, 1.82) is 0 Å². The van der Waals surface area contributed by atoms with Gasteiger partial charge in [-0.2, -0.15) is 5.10 Å². The zero-order valence-corrected chi connectivity index (χ0v) is 10.2. The highest BCUT2D eigenvalue weighted by molar-refractivity contribution is 6.33. The molecule has 8 heteroatoms. The van der Waals surface area contributed by atoms with Gasteiger partial charge in [0.05, 0.1) is 17.1 Å². The zero-order valence-electron chi connectivity index (χ0n) is 9.46. The van der Waals surface area contributed by atoms with Crippen molar-refractivity contribution in [2.75, 3.05) is 5.32 Å². The van der Waals surface area contributed by atoms with E-state index in [1.165, 1.54) is 12.3 Å². The molecule has 0 aliphatic rings. The Hall–Kier alpha value is -2.15. The molecule has 0 saturated heterocycles. The van der Waals surface area contributed by atoms with Gasteiger partial charge in [-0.3, -0.25) is 4.68 Å². The number of pyridine rings is 1. The average Bonchev–Trinajstić information content (AvgIpc) is 2.74. The lowest BCUT2D eigenvalue weighted by atomic mass is 10.2. The quantitative estimate of drug-likeness (QED) is 0.864. The summed E-state index contributed by atoms with van der Waals surface area (Å²) in [6.45, 7) is 0.356. The summed E-state index contributed by atoms with van der Waals surface area (Å²) in [4.78, 5) is 18.9. The number of hydrogen-bond donors (Lipinski definition) is 2. The van der Waals surface area contributed by atoms with E-state index >= 15 is 0 Å². The number of halogens is 1. The van der Waals surface area contributed by atoms with Crippen molar-refractivity contribution in [2.45, 2.75) is 6.54 Å². The van der Waals surface area contributed by atoms with Crippen molar-refractivity contribution in [3.63, 3.8) is 0 Å². The molecule has 0 bridgehead atoms. The highest BCUT2D eigenvalue weighted by Crippen LogP contribution is 2.18. The normalized spacial score (nSPS) is 10.3. The fourth-order valence-corrected chi connectivity index (χ4v) is 1.52. The number of carboxylic acid groups (broad SMARTS) is 1. The number of carboxylic acids is 1. The molecule has 2 aromatic rings. The number of aryl methyl sites for hydroxylation is 1. The highest BCUT2D eigenvalue weighted by Gasteiger charge is 2.10. The van der Waals surface area contributed by atoms with Gasteiger partial charge in [-0.05, 0) is 6.07 Å². The monoisotopic (exact) mass is 267 g/mol. The summed E-state index contributed by atoms with van der Waals surface area (Å²) in [6, 6.07) is 1.37. The first-order valence-electron chi connectivity index (χ1n) is 5.03. The topological polar surface area (TPSA) is 92.9 Å². The summed E-state index contributed by atoms with van der Waals surface area (Å²) < 4.78 is 1.58. The van der Waals surface area contributed by atoms with Gasteiger partial charge in [0.25, 0.3) is 0 Å². The van der Waals surface area contributed by atoms with Crippen molar-refractivity contribution >= 4 is 23.4 Å². The van der Waals surface area contributed by atoms with Gasteiger partial charge >= 0.3 is 5.97 Å². The van der Waals surface area contributed by atoms with Crippen LogP contribution in [0.2, 0.25) is 5.02 Å². The molecule has 0 saturated carbocycles. The molecule has 0 amide bonds. The Morgan fingerprint density at radius 1 is 1.56 bits per heavy atom. The first-order chi connectivity index (χ1) is 8.56. The molecule has 18 heavy (non-hydrogen) atoms. The molecule has 7 nitrogen and oxygen atoms in total. The molecule has 94 valence electrons. The Balaban J connectivity index is 2.10. The average molecular weight is 268 g/mol. The van der Waals surface area contributed by atoms with E-state index in [4.69, 9.17) is 16.7 Å². The molecule has 2 N–H and O–H groups in total. The van der Waals surface area contributed by atoms with Gasteiger partial charge in [-0.1, -0.05) is 11.6 Å². The second-order valence-corrected chi connectivity index (χ2v) is 3.95. The lowest BCUT2D eigenvalue weighted by molar-refractivity contribution is 0.0697. The van der Waals surface area contributed by atoms with Gasteiger partial charge in [0, 0.05) is 13.2 Å². The van der Waals surface area contributed by atoms with Crippen LogP contribution >= 0.6 is 11.6 Å². The summed E-state index contributed by atoms with van der Waals surface area (Å²) in [6.07, 6.45) is 2.87. The van der Waals surface area contributed by atoms with Crippen molar-refractivity contribution in [3.8, 4) is 0 Å². The fraction of sp³-hybridized carbons (Fsp3) is 0.200. The van der Waals surface area contributed by atoms with Crippen LogP contribution in [0.5, 0.6) is 0 Å². The molecular formula is C10H10ClN5O2. The summed E-state index contributed by atoms with van der Waals surface area (Å²) >= 11 is 5.71. The number of aromatic nitrogens is 4. The smallest absolute Gasteiger partial charge is 0.337 e. The van der Waals surface area contributed by atoms with Gasteiger partial charge in [0.15, 0.2) is 5.82 Å². The molecule has 0 unspecified atom stereocenters. The minimum absolute atomic E-state index is 0.00291. The Kier molecular flexibility index (Phi) is 3.42. The van der Waals surface area contributed by atoms with E-state index in [0.29, 0.717) is 18.2 Å². The molecule has 0 fully saturated rings. The second-order valence-electron chi connectivity index (χ2n) is 3.54. The van der Waals surface area contributed by atoms with Crippen LogP contribution in [0.1, 0.15) is 16.2 Å². The van der Waals surface area contributed by atoms with Gasteiger partial charge in [0.2, 0.25) is 0 Å². The van der Waals surface area contributed by atoms with Crippen molar-refractivity contribution < 1.29 is 9.90 Å². The third-order valence-corrected chi connectivity index (χ3v) is 2.46. The van der Waals surface area contributed by atoms with E-state index in [-0.39, 0.29) is 10.6 Å². The maximum Gasteiger partial charge on any atom is 0.337 e. The molecule has 0 atom stereocenters. The summed E-state index contributed by atoms with van der Waals surface area (Å²) in [5, 5.41) is 16.0. The van der Waals surface area contributed by atoms with E-state index in [2.05, 4.69) is 20.4 Å². The van der Waals surface area contributed by atoms with Gasteiger partial charge in [-0.25, -0.2) is 14.8 Å². The third kappa shape index (κ3) is 2.75. The maximum atomic E-state index is 10.9. The number of nitrogens with one attached hydrogen (secondary N) is 1. The van der Waals surface area contributed by atoms with Crippen molar-refractivity contribution in [1.82, 2.24) is 19.7 Å². The maximum absolute atomic E-state index is 10.9. The van der Waals surface area contributed by atoms with E-state index in [0.717, 1.165) is 0 Å². The minimum Gasteiger partial charge on any atom is -0.478 e. The lowest BCUT2D eigenvalue weighted by Crippen LogP contribution is -2.06. The van der Waals surface area contributed by atoms with Crippen molar-refractivity contribution in [2.24, 2.45) is 7.05 Å². The predicted molar refractivity (Wildman–Crippen MR) is 64.5 cm³/mol. The zero-order chi connectivity index (χ0) is 13.1. The first-order valence-corrected chi connectivity index (χ1v) is 5.41. The van der Waals surface area contributed by atoms with Gasteiger partial charge in [0.1, 0.15) is 12.1 Å². The summed E-state index contributed by atoms with van der Waals surface area (Å²) in [5.74, 6) is -0.100. The Morgan fingerprint density at radius 2 is 2.33 bits per heavy atom. The number of nitrogens with zero attached hydrogens (tertiary/aromatic N) is 4. The van der Waals surface area contributed by atoms with Crippen LogP contribution in [-0.2, 0) is 13.6 Å². The predicted octanol–water partition coefficient (Wildman–Crippen LogP) is 1.17. The molecule has 0 aromatic carbocycles. The molecule has 0 radical (unpaired) electrons. The van der Waals surface area contributed by atoms with Crippen molar-refractivity contribution in [3.05, 3.63) is 35.0 Å². The number of aromatic carboxylic acids is 1. The SMILES string of the molecule is Cn1cnc(CNc2cc(C(=O)O)c(Cl)cn2)n1. The van der Waals surface area contributed by atoms with E-state index in [9.17, 15) is 4.79 Å². The van der Waals surface area contributed by atoms with Crippen LogP contribution in [0.3, 0.4) is 0 Å². The van der Waals surface area contributed by atoms with Crippen LogP contribution in [0.25, 0.3) is 0 Å². The highest BCUT2D eigenvalue weighted by atomic mass is 35.5. The third-order valence-electron chi connectivity index (χ3n) is 2.16. The molecule has 2 aromatic heterocycles. The largest absolute Gasteiger partial charge is 0.478 e. The molecule has 0 aliphatic heterocycles. The van der Waals surface area contributed by atoms with Crippen LogP contribution in [0.4, 0.5) is 5.82 Å². The number of anilines is 1. The van der Waals surface area contributed by atoms with Crippen LogP contribution in [0, 0.1) is 0 Å². The van der Waals surface area contributed by atoms with E-state index in [1.807, 2.05) is 0 Å². The second kappa shape index (κ2) is 5.01. The minimum atomic E-state index is -1.10. The summed E-state index contributed by atoms with van der Waals surface area (Å²) in [5.41, 5.74) is 0.00291. The Morgan fingerprint density at radius 3 is 2.94 bits per heavy atom. The Labute approximate surface area is 107 Å². The van der Waals surface area contributed by atoms with Crippen LogP contribution < -0.4 is 5.32 Å². The van der Waals surface area contributed by atoms with E-state index < -0.39 is 5.97 Å². The summed E-state index contributed by atoms with van der Waals surface area (Å²) in [7, 11) is 1.76. The van der Waals surface area contributed by atoms with E-state index in [1.54, 1.807) is 18.1 Å². The Bertz CT molecular complexity index is 583. The lowest BCUT2D eigenvalue weighted by Gasteiger charge is -2.05. The molecular weight excluding hydrogens is 258 g/mol. The van der Waals surface area contributed by atoms with Gasteiger partial charge < -0.3 is 10.4 Å². The van der Waals surface area contributed by atoms with Gasteiger partial charge in [-0.15, -0.1) is 0 Å². The standard InChI is InChI=1S/C10H10ClN5O2/c1-16-5-14-9(15-16)4-13-8-2-6(10(17)18)7(11)3-12-8/h2-3,5H,4H2,1H3,(H,12,13)(H,17,18). The molecule has 2 heterocycles. The fourth-order valence-electron chi connectivity index (χ4n) is 1.33. The van der Waals surface area contributed by atoms with Crippen LogP contribution in [-0.4, -0.2) is 30.8 Å². The molecule has 2 rings (SSSR count). The number of rotatable bonds is 4. The molecule has 0 spiro atoms. The molecule has 0 aliphatic carbocycles. The van der Waals surface area contributed by atoms with Crippen LogP contribution in [0.15, 0.2) is 18.6 Å². The number of carbonyl (C=O) groups is 1. The first kappa shape index (κ1) is 12.3.